The van der Waals surface area contributed by atoms with E-state index in [1.807, 2.05) is 18.2 Å². The predicted octanol–water partition coefficient (Wildman–Crippen LogP) is 2.51. The number of fused-ring (bicyclic) bond motifs is 3. The molecule has 5 nitrogen and oxygen atoms in total. The van der Waals surface area contributed by atoms with E-state index in [4.69, 9.17) is 4.42 Å². The normalized spacial score (nSPS) is 13.2. The summed E-state index contributed by atoms with van der Waals surface area (Å²) in [7, 11) is 0. The average molecular weight is 243 g/mol. The molecule has 0 spiro atoms. The van der Waals surface area contributed by atoms with Gasteiger partial charge in [-0.25, -0.2) is 9.48 Å². The molecule has 2 aromatic heterocycles. The summed E-state index contributed by atoms with van der Waals surface area (Å²) in [5.41, 5.74) is 1.20. The maximum Gasteiger partial charge on any atom is 0.366 e. The summed E-state index contributed by atoms with van der Waals surface area (Å²) in [6.45, 7) is 4.13. The summed E-state index contributed by atoms with van der Waals surface area (Å²) in [4.78, 5) is 11.8. The molecule has 0 amide bonds. The first kappa shape index (κ1) is 11.0. The van der Waals surface area contributed by atoms with Gasteiger partial charge >= 0.3 is 5.63 Å². The molecule has 0 radical (unpaired) electrons. The zero-order valence-corrected chi connectivity index (χ0v) is 10.3. The SMILES string of the molecule is CC[C@@H](C)n1nnc2c(=O)oc3ccccc3c21. The summed E-state index contributed by atoms with van der Waals surface area (Å²) >= 11 is 0. The van der Waals surface area contributed by atoms with Crippen LogP contribution >= 0.6 is 0 Å². The summed E-state index contributed by atoms with van der Waals surface area (Å²) in [6.07, 6.45) is 0.924. The van der Waals surface area contributed by atoms with E-state index in [0.29, 0.717) is 11.1 Å². The Hall–Kier alpha value is -2.17. The van der Waals surface area contributed by atoms with E-state index in [1.54, 1.807) is 10.7 Å². The molecule has 92 valence electrons. The van der Waals surface area contributed by atoms with Gasteiger partial charge in [-0.05, 0) is 25.5 Å². The molecular weight excluding hydrogens is 230 g/mol. The topological polar surface area (TPSA) is 60.9 Å². The van der Waals surface area contributed by atoms with Crippen molar-refractivity contribution >= 4 is 22.0 Å². The molecule has 18 heavy (non-hydrogen) atoms. The molecule has 0 aliphatic rings. The van der Waals surface area contributed by atoms with Gasteiger partial charge in [-0.1, -0.05) is 24.3 Å². The molecule has 0 aliphatic heterocycles. The molecule has 0 N–H and O–H groups in total. The van der Waals surface area contributed by atoms with Gasteiger partial charge in [-0.2, -0.15) is 0 Å². The first-order valence-electron chi connectivity index (χ1n) is 5.99. The molecule has 3 rings (SSSR count). The van der Waals surface area contributed by atoms with Gasteiger partial charge in [0.2, 0.25) is 0 Å². The van der Waals surface area contributed by atoms with Crippen molar-refractivity contribution < 1.29 is 4.42 Å². The van der Waals surface area contributed by atoms with Crippen LogP contribution in [0.2, 0.25) is 0 Å². The van der Waals surface area contributed by atoms with E-state index in [1.165, 1.54) is 0 Å². The summed E-state index contributed by atoms with van der Waals surface area (Å²) < 4.78 is 7.03. The maximum atomic E-state index is 11.8. The number of aromatic nitrogens is 3. The first-order chi connectivity index (χ1) is 8.72. The van der Waals surface area contributed by atoms with Gasteiger partial charge < -0.3 is 4.42 Å². The molecule has 5 heteroatoms. The number of hydrogen-bond donors (Lipinski definition) is 0. The Bertz CT molecular complexity index is 773. The minimum Gasteiger partial charge on any atom is -0.421 e. The Labute approximate surface area is 103 Å². The average Bonchev–Trinajstić information content (AvgIpc) is 2.83. The van der Waals surface area contributed by atoms with Crippen LogP contribution in [-0.2, 0) is 0 Å². The molecule has 0 fully saturated rings. The highest BCUT2D eigenvalue weighted by Crippen LogP contribution is 2.24. The zero-order chi connectivity index (χ0) is 12.7. The van der Waals surface area contributed by atoms with E-state index >= 15 is 0 Å². The van der Waals surface area contributed by atoms with Gasteiger partial charge in [0.05, 0.1) is 6.04 Å². The maximum absolute atomic E-state index is 11.8. The van der Waals surface area contributed by atoms with Crippen molar-refractivity contribution in [3.05, 3.63) is 34.7 Å². The fourth-order valence-electron chi connectivity index (χ4n) is 2.06. The van der Waals surface area contributed by atoms with E-state index in [0.717, 1.165) is 17.3 Å². The number of hydrogen-bond acceptors (Lipinski definition) is 4. The molecule has 0 bridgehead atoms. The molecule has 0 unspecified atom stereocenters. The fourth-order valence-corrected chi connectivity index (χ4v) is 2.06. The first-order valence-corrected chi connectivity index (χ1v) is 5.99. The second kappa shape index (κ2) is 3.94. The Balaban J connectivity index is 2.51. The summed E-state index contributed by atoms with van der Waals surface area (Å²) in [6, 6.07) is 7.65. The second-order valence-electron chi connectivity index (χ2n) is 4.37. The van der Waals surface area contributed by atoms with Crippen molar-refractivity contribution in [2.75, 3.05) is 0 Å². The van der Waals surface area contributed by atoms with E-state index < -0.39 is 5.63 Å². The highest BCUT2D eigenvalue weighted by molar-refractivity contribution is 6.00. The van der Waals surface area contributed by atoms with Crippen LogP contribution in [0.25, 0.3) is 22.0 Å². The van der Waals surface area contributed by atoms with E-state index in [-0.39, 0.29) is 6.04 Å². The summed E-state index contributed by atoms with van der Waals surface area (Å²) in [5.74, 6) is 0. The number of benzene rings is 1. The van der Waals surface area contributed by atoms with Crippen molar-refractivity contribution in [1.82, 2.24) is 15.0 Å². The Morgan fingerprint density at radius 1 is 1.39 bits per heavy atom. The number of nitrogens with zero attached hydrogens (tertiary/aromatic N) is 3. The van der Waals surface area contributed by atoms with Crippen LogP contribution in [0, 0.1) is 0 Å². The molecule has 1 aromatic carbocycles. The van der Waals surface area contributed by atoms with Gasteiger partial charge in [-0.15, -0.1) is 5.10 Å². The third-order valence-corrected chi connectivity index (χ3v) is 3.24. The third kappa shape index (κ3) is 1.44. The van der Waals surface area contributed by atoms with E-state index in [9.17, 15) is 4.79 Å². The van der Waals surface area contributed by atoms with E-state index in [2.05, 4.69) is 24.2 Å². The number of para-hydroxylation sites is 1. The molecule has 0 aliphatic carbocycles. The van der Waals surface area contributed by atoms with Crippen LogP contribution < -0.4 is 5.63 Å². The Kier molecular flexibility index (Phi) is 2.40. The lowest BCUT2D eigenvalue weighted by atomic mass is 10.2. The minimum atomic E-state index is -0.432. The van der Waals surface area contributed by atoms with Gasteiger partial charge in [0.15, 0.2) is 5.52 Å². The molecule has 0 saturated heterocycles. The van der Waals surface area contributed by atoms with Crippen LogP contribution in [0.4, 0.5) is 0 Å². The monoisotopic (exact) mass is 243 g/mol. The molecular formula is C13H13N3O2. The van der Waals surface area contributed by atoms with Crippen LogP contribution in [0.5, 0.6) is 0 Å². The number of rotatable bonds is 2. The van der Waals surface area contributed by atoms with Crippen LogP contribution in [0.15, 0.2) is 33.5 Å². The minimum absolute atomic E-state index is 0.195. The molecule has 3 aromatic rings. The quantitative estimate of drug-likeness (QED) is 0.649. The fraction of sp³-hybridized carbons (Fsp3) is 0.308. The van der Waals surface area contributed by atoms with Crippen molar-refractivity contribution in [3.63, 3.8) is 0 Å². The van der Waals surface area contributed by atoms with Gasteiger partial charge in [0.1, 0.15) is 11.1 Å². The highest BCUT2D eigenvalue weighted by atomic mass is 16.4. The van der Waals surface area contributed by atoms with Gasteiger partial charge in [0, 0.05) is 5.39 Å². The second-order valence-corrected chi connectivity index (χ2v) is 4.37. The zero-order valence-electron chi connectivity index (χ0n) is 10.3. The van der Waals surface area contributed by atoms with Crippen molar-refractivity contribution in [3.8, 4) is 0 Å². The van der Waals surface area contributed by atoms with Crippen molar-refractivity contribution in [2.45, 2.75) is 26.3 Å². The molecule has 1 atom stereocenters. The van der Waals surface area contributed by atoms with Crippen LogP contribution in [0.1, 0.15) is 26.3 Å². The highest BCUT2D eigenvalue weighted by Gasteiger charge is 2.16. The lowest BCUT2D eigenvalue weighted by Gasteiger charge is -2.09. The molecule has 2 heterocycles. The van der Waals surface area contributed by atoms with Gasteiger partial charge in [-0.3, -0.25) is 0 Å². The summed E-state index contributed by atoms with van der Waals surface area (Å²) in [5, 5.41) is 8.90. The Morgan fingerprint density at radius 3 is 2.94 bits per heavy atom. The standard InChI is InChI=1S/C13H13N3O2/c1-3-8(2)16-12-9-6-4-5-7-10(9)18-13(17)11(12)14-15-16/h4-8H,3H2,1-2H3/t8-/m1/s1. The smallest absolute Gasteiger partial charge is 0.366 e. The van der Waals surface area contributed by atoms with Crippen molar-refractivity contribution in [1.29, 1.82) is 0 Å². The predicted molar refractivity (Wildman–Crippen MR) is 68.6 cm³/mol. The third-order valence-electron chi connectivity index (χ3n) is 3.24. The van der Waals surface area contributed by atoms with Crippen LogP contribution in [-0.4, -0.2) is 15.0 Å². The van der Waals surface area contributed by atoms with Crippen LogP contribution in [0.3, 0.4) is 0 Å². The van der Waals surface area contributed by atoms with Gasteiger partial charge in [0.25, 0.3) is 0 Å². The Morgan fingerprint density at radius 2 is 2.17 bits per heavy atom. The largest absolute Gasteiger partial charge is 0.421 e. The lowest BCUT2D eigenvalue weighted by molar-refractivity contribution is 0.478. The lowest BCUT2D eigenvalue weighted by Crippen LogP contribution is -2.07. The van der Waals surface area contributed by atoms with Crippen molar-refractivity contribution in [2.24, 2.45) is 0 Å². The molecule has 0 saturated carbocycles.